The fraction of sp³-hybridized carbons (Fsp3) is 0.208. The summed E-state index contributed by atoms with van der Waals surface area (Å²) in [5.41, 5.74) is 8.49. The van der Waals surface area contributed by atoms with E-state index in [-0.39, 0.29) is 0 Å². The molecule has 29 heavy (non-hydrogen) atoms. The number of rotatable bonds is 7. The monoisotopic (exact) mass is 393 g/mol. The lowest BCUT2D eigenvalue weighted by Crippen LogP contribution is -2.34. The Morgan fingerprint density at radius 3 is 2.28 bits per heavy atom. The Morgan fingerprint density at radius 2 is 1.59 bits per heavy atom. The molecule has 3 aromatic carbocycles. The first kappa shape index (κ1) is 20.6. The largest absolute Gasteiger partial charge is 0.482 e. The first-order chi connectivity index (χ1) is 13.9. The molecule has 150 valence electrons. The molecule has 3 rings (SSSR count). The number of benzene rings is 3. The van der Waals surface area contributed by atoms with E-state index >= 15 is 0 Å². The predicted molar refractivity (Wildman–Crippen MR) is 111 cm³/mol. The molecular formula is C24H24FNO3. The van der Waals surface area contributed by atoms with Gasteiger partial charge in [0, 0.05) is 6.07 Å². The molecule has 2 N–H and O–H groups in total. The molecule has 5 heteroatoms. The van der Waals surface area contributed by atoms with Gasteiger partial charge in [0.05, 0.1) is 0 Å². The van der Waals surface area contributed by atoms with Gasteiger partial charge < -0.3 is 15.2 Å². The lowest BCUT2D eigenvalue weighted by atomic mass is 9.98. The topological polar surface area (TPSA) is 61.6 Å². The Labute approximate surface area is 170 Å². The highest BCUT2D eigenvalue weighted by Gasteiger charge is 2.26. The van der Waals surface area contributed by atoms with Gasteiger partial charge in [-0.1, -0.05) is 54.6 Å². The molecule has 0 fully saturated rings. The van der Waals surface area contributed by atoms with Crippen molar-refractivity contribution in [3.8, 4) is 16.9 Å². The van der Waals surface area contributed by atoms with Crippen LogP contribution in [0.3, 0.4) is 0 Å². The average Bonchev–Trinajstić information content (AvgIpc) is 2.72. The van der Waals surface area contributed by atoms with Crippen LogP contribution >= 0.6 is 0 Å². The normalized spacial score (nSPS) is 13.9. The summed E-state index contributed by atoms with van der Waals surface area (Å²) in [4.78, 5) is 12.0. The van der Waals surface area contributed by atoms with E-state index in [0.717, 1.165) is 16.7 Å². The quantitative estimate of drug-likeness (QED) is 0.581. The molecule has 0 saturated heterocycles. The summed E-state index contributed by atoms with van der Waals surface area (Å²) in [6.45, 7) is 3.30. The van der Waals surface area contributed by atoms with Gasteiger partial charge in [0.25, 0.3) is 0 Å². The van der Waals surface area contributed by atoms with Crippen molar-refractivity contribution < 1.29 is 18.7 Å². The Morgan fingerprint density at radius 1 is 0.897 bits per heavy atom. The number of nitrogens with two attached hydrogens (primary N) is 1. The van der Waals surface area contributed by atoms with Crippen LogP contribution in [0.1, 0.15) is 25.5 Å². The third-order valence-electron chi connectivity index (χ3n) is 4.48. The number of hydrogen-bond acceptors (Lipinski definition) is 4. The number of ether oxygens (including phenoxy) is 2. The van der Waals surface area contributed by atoms with Gasteiger partial charge in [-0.2, -0.15) is 0 Å². The van der Waals surface area contributed by atoms with Crippen molar-refractivity contribution in [3.05, 3.63) is 90.2 Å². The Bertz CT molecular complexity index is 959. The summed E-state index contributed by atoms with van der Waals surface area (Å²) in [6, 6.07) is 22.8. The maximum atomic E-state index is 13.6. The van der Waals surface area contributed by atoms with E-state index in [0.29, 0.717) is 5.75 Å². The van der Waals surface area contributed by atoms with Crippen molar-refractivity contribution >= 4 is 5.97 Å². The van der Waals surface area contributed by atoms with E-state index in [2.05, 4.69) is 0 Å². The van der Waals surface area contributed by atoms with Crippen molar-refractivity contribution in [2.75, 3.05) is 0 Å². The minimum absolute atomic E-state index is 0.351. The van der Waals surface area contributed by atoms with Gasteiger partial charge in [-0.05, 0) is 48.7 Å². The first-order valence-electron chi connectivity index (χ1n) is 9.47. The van der Waals surface area contributed by atoms with Crippen LogP contribution in [-0.4, -0.2) is 18.1 Å². The number of halogens is 1. The van der Waals surface area contributed by atoms with Gasteiger partial charge in [0.1, 0.15) is 23.7 Å². The number of esters is 1. The summed E-state index contributed by atoms with van der Waals surface area (Å²) in [5.74, 6) is -0.576. The van der Waals surface area contributed by atoms with E-state index in [4.69, 9.17) is 15.2 Å². The Hall–Kier alpha value is -3.18. The molecule has 4 nitrogen and oxygen atoms in total. The zero-order chi connectivity index (χ0) is 20.8. The molecule has 0 bridgehead atoms. The van der Waals surface area contributed by atoms with Crippen LogP contribution in [0.2, 0.25) is 0 Å². The van der Waals surface area contributed by atoms with E-state index in [1.54, 1.807) is 26.0 Å². The zero-order valence-electron chi connectivity index (χ0n) is 16.4. The van der Waals surface area contributed by atoms with Crippen molar-refractivity contribution in [2.45, 2.75) is 32.1 Å². The number of hydrogen-bond donors (Lipinski definition) is 1. The van der Waals surface area contributed by atoms with Crippen molar-refractivity contribution in [1.29, 1.82) is 0 Å². The minimum atomic E-state index is -0.747. The summed E-state index contributed by atoms with van der Waals surface area (Å²) in [7, 11) is 0. The molecule has 0 aliphatic heterocycles. The standard InChI is InChI=1S/C24H24FNO3/c1-16(26)24(27)28-17(2)23(29-22-13-7-12-21(25)15-22)20-11-6-10-19(14-20)18-8-4-3-5-9-18/h3-17,23H,26H2,1-2H3/t16-,17-,23-/m0/s1. The highest BCUT2D eigenvalue weighted by atomic mass is 19.1. The molecule has 0 spiro atoms. The van der Waals surface area contributed by atoms with Crippen molar-refractivity contribution in [1.82, 2.24) is 0 Å². The van der Waals surface area contributed by atoms with Crippen LogP contribution in [0.25, 0.3) is 11.1 Å². The second-order valence-electron chi connectivity index (χ2n) is 6.92. The highest BCUT2D eigenvalue weighted by molar-refractivity contribution is 5.75. The Kier molecular flexibility index (Phi) is 6.62. The summed E-state index contributed by atoms with van der Waals surface area (Å²) < 4.78 is 25.2. The molecular weight excluding hydrogens is 369 g/mol. The third kappa shape index (κ3) is 5.42. The minimum Gasteiger partial charge on any atom is -0.482 e. The van der Waals surface area contributed by atoms with E-state index in [1.165, 1.54) is 12.1 Å². The van der Waals surface area contributed by atoms with Crippen molar-refractivity contribution in [3.63, 3.8) is 0 Å². The molecule has 0 amide bonds. The maximum Gasteiger partial charge on any atom is 0.323 e. The van der Waals surface area contributed by atoms with Gasteiger partial charge >= 0.3 is 5.97 Å². The molecule has 0 heterocycles. The first-order valence-corrected chi connectivity index (χ1v) is 9.47. The zero-order valence-corrected chi connectivity index (χ0v) is 16.4. The lowest BCUT2D eigenvalue weighted by Gasteiger charge is -2.26. The molecule has 0 aromatic heterocycles. The van der Waals surface area contributed by atoms with Crippen LogP contribution in [0.15, 0.2) is 78.9 Å². The molecule has 0 unspecified atom stereocenters. The summed E-state index contributed by atoms with van der Waals surface area (Å²) in [6.07, 6.45) is -1.27. The molecule has 3 atom stereocenters. The van der Waals surface area contributed by atoms with Crippen LogP contribution in [0, 0.1) is 5.82 Å². The van der Waals surface area contributed by atoms with Gasteiger partial charge in [-0.15, -0.1) is 0 Å². The lowest BCUT2D eigenvalue weighted by molar-refractivity contribution is -0.154. The van der Waals surface area contributed by atoms with Crippen LogP contribution in [0.4, 0.5) is 4.39 Å². The fourth-order valence-corrected chi connectivity index (χ4v) is 3.00. The van der Waals surface area contributed by atoms with Gasteiger partial charge in [-0.3, -0.25) is 4.79 Å². The second-order valence-corrected chi connectivity index (χ2v) is 6.92. The van der Waals surface area contributed by atoms with Crippen LogP contribution in [0.5, 0.6) is 5.75 Å². The maximum absolute atomic E-state index is 13.6. The highest BCUT2D eigenvalue weighted by Crippen LogP contribution is 2.30. The summed E-state index contributed by atoms with van der Waals surface area (Å²) in [5, 5.41) is 0. The van der Waals surface area contributed by atoms with Crippen molar-refractivity contribution in [2.24, 2.45) is 5.73 Å². The third-order valence-corrected chi connectivity index (χ3v) is 4.48. The number of carbonyl (C=O) groups is 1. The number of carbonyl (C=O) groups excluding carboxylic acids is 1. The van der Waals surface area contributed by atoms with Gasteiger partial charge in [0.2, 0.25) is 0 Å². The van der Waals surface area contributed by atoms with E-state index in [1.807, 2.05) is 54.6 Å². The summed E-state index contributed by atoms with van der Waals surface area (Å²) >= 11 is 0. The fourth-order valence-electron chi connectivity index (χ4n) is 3.00. The predicted octanol–water partition coefficient (Wildman–Crippen LogP) is 4.89. The van der Waals surface area contributed by atoms with Gasteiger partial charge in [-0.25, -0.2) is 4.39 Å². The molecule has 0 saturated carbocycles. The second kappa shape index (κ2) is 9.34. The van der Waals surface area contributed by atoms with E-state index < -0.39 is 30.0 Å². The average molecular weight is 393 g/mol. The molecule has 0 radical (unpaired) electrons. The molecule has 3 aromatic rings. The Balaban J connectivity index is 1.94. The van der Waals surface area contributed by atoms with Crippen LogP contribution in [-0.2, 0) is 9.53 Å². The molecule has 0 aliphatic carbocycles. The molecule has 0 aliphatic rings. The van der Waals surface area contributed by atoms with Gasteiger partial charge in [0.15, 0.2) is 6.10 Å². The smallest absolute Gasteiger partial charge is 0.323 e. The van der Waals surface area contributed by atoms with Crippen LogP contribution < -0.4 is 10.5 Å². The SMILES string of the molecule is C[C@H](N)C(=O)O[C@@H](C)[C@H](Oc1cccc(F)c1)c1cccc(-c2ccccc2)c1. The van der Waals surface area contributed by atoms with E-state index in [9.17, 15) is 9.18 Å².